The Bertz CT molecular complexity index is 1200. The second-order valence-electron chi connectivity index (χ2n) is 7.73. The quantitative estimate of drug-likeness (QED) is 0.396. The Kier molecular flexibility index (Phi) is 8.50. The molecule has 0 saturated heterocycles. The monoisotopic (exact) mass is 501 g/mol. The fourth-order valence-corrected chi connectivity index (χ4v) is 4.20. The van der Waals surface area contributed by atoms with Gasteiger partial charge in [0.15, 0.2) is 0 Å². The normalized spacial score (nSPS) is 12.1. The fraction of sp³-hybridized carbons (Fsp3) is 0.240. The average molecular weight is 502 g/mol. The van der Waals surface area contributed by atoms with Gasteiger partial charge in [0, 0.05) is 12.3 Å². The molecule has 34 heavy (non-hydrogen) atoms. The van der Waals surface area contributed by atoms with Crippen LogP contribution in [0.15, 0.2) is 48.5 Å². The molecule has 1 unspecified atom stereocenters. The van der Waals surface area contributed by atoms with Gasteiger partial charge in [0.05, 0.1) is 27.0 Å². The van der Waals surface area contributed by atoms with Gasteiger partial charge in [-0.1, -0.05) is 53.6 Å². The summed E-state index contributed by atoms with van der Waals surface area (Å²) < 4.78 is 1.84. The van der Waals surface area contributed by atoms with Crippen LogP contribution in [0.3, 0.4) is 0 Å². The van der Waals surface area contributed by atoms with Crippen molar-refractivity contribution in [3.63, 3.8) is 0 Å². The standard InChI is InChI=1S/C25H25Cl2N3O4/c1-15-19(13-14-31)16(2)30(29-15)18-11-9-17(10-12-18)5-3-8-22(25(33)34)28-24(32)23-20(26)6-4-7-21(23)27/h3-7,9-12,22,31H,8,13-14H2,1-2H3,(H,28,32)(H,33,34)/b5-3+. The molecule has 0 spiro atoms. The van der Waals surface area contributed by atoms with E-state index in [-0.39, 0.29) is 28.6 Å². The fourth-order valence-electron chi connectivity index (χ4n) is 3.63. The van der Waals surface area contributed by atoms with E-state index >= 15 is 0 Å². The van der Waals surface area contributed by atoms with E-state index in [4.69, 9.17) is 23.2 Å². The smallest absolute Gasteiger partial charge is 0.326 e. The molecule has 178 valence electrons. The van der Waals surface area contributed by atoms with E-state index in [2.05, 4.69) is 10.4 Å². The van der Waals surface area contributed by atoms with E-state index in [1.807, 2.05) is 42.8 Å². The minimum absolute atomic E-state index is 0.0444. The summed E-state index contributed by atoms with van der Waals surface area (Å²) in [6.45, 7) is 3.96. The predicted octanol–water partition coefficient (Wildman–Crippen LogP) is 4.62. The van der Waals surface area contributed by atoms with Crippen molar-refractivity contribution in [3.05, 3.63) is 86.7 Å². The summed E-state index contributed by atoms with van der Waals surface area (Å²) >= 11 is 12.1. The Morgan fingerprint density at radius 2 is 1.76 bits per heavy atom. The van der Waals surface area contributed by atoms with Crippen LogP contribution >= 0.6 is 23.2 Å². The van der Waals surface area contributed by atoms with E-state index in [9.17, 15) is 19.8 Å². The van der Waals surface area contributed by atoms with E-state index in [1.165, 1.54) is 12.1 Å². The molecule has 3 aromatic rings. The molecule has 0 bridgehead atoms. The number of aliphatic hydroxyl groups excluding tert-OH is 1. The molecule has 1 aromatic heterocycles. The Morgan fingerprint density at radius 3 is 2.35 bits per heavy atom. The summed E-state index contributed by atoms with van der Waals surface area (Å²) in [5, 5.41) is 26.1. The van der Waals surface area contributed by atoms with Gasteiger partial charge in [-0.05, 0) is 62.1 Å². The first kappa shape index (κ1) is 25.5. The SMILES string of the molecule is Cc1nn(-c2ccc(/C=C/CC(NC(=O)c3c(Cl)cccc3Cl)C(=O)O)cc2)c(C)c1CCO. The van der Waals surface area contributed by atoms with Crippen LogP contribution in [-0.4, -0.2) is 44.5 Å². The summed E-state index contributed by atoms with van der Waals surface area (Å²) in [6.07, 6.45) is 4.10. The summed E-state index contributed by atoms with van der Waals surface area (Å²) in [7, 11) is 0. The van der Waals surface area contributed by atoms with Crippen molar-refractivity contribution in [2.75, 3.05) is 6.61 Å². The highest BCUT2D eigenvalue weighted by Gasteiger charge is 2.22. The lowest BCUT2D eigenvalue weighted by Gasteiger charge is -2.14. The van der Waals surface area contributed by atoms with E-state index in [0.717, 1.165) is 28.2 Å². The largest absolute Gasteiger partial charge is 0.480 e. The highest BCUT2D eigenvalue weighted by atomic mass is 35.5. The summed E-state index contributed by atoms with van der Waals surface area (Å²) in [4.78, 5) is 24.2. The Morgan fingerprint density at radius 1 is 1.12 bits per heavy atom. The zero-order valence-electron chi connectivity index (χ0n) is 18.8. The predicted molar refractivity (Wildman–Crippen MR) is 133 cm³/mol. The summed E-state index contributed by atoms with van der Waals surface area (Å²) in [6, 6.07) is 11.1. The third kappa shape index (κ3) is 5.86. The van der Waals surface area contributed by atoms with Crippen LogP contribution in [0, 0.1) is 13.8 Å². The van der Waals surface area contributed by atoms with Crippen molar-refractivity contribution in [1.29, 1.82) is 0 Å². The molecule has 9 heteroatoms. The van der Waals surface area contributed by atoms with E-state index in [0.29, 0.717) is 6.42 Å². The molecule has 0 aliphatic rings. The number of carbonyl (C=O) groups is 2. The van der Waals surface area contributed by atoms with Gasteiger partial charge >= 0.3 is 5.97 Å². The summed E-state index contributed by atoms with van der Waals surface area (Å²) in [5.41, 5.74) is 4.69. The Hall–Kier alpha value is -3.13. The van der Waals surface area contributed by atoms with Crippen LogP contribution in [0.25, 0.3) is 11.8 Å². The first-order valence-electron chi connectivity index (χ1n) is 10.6. The third-order valence-electron chi connectivity index (χ3n) is 5.42. The van der Waals surface area contributed by atoms with Crippen LogP contribution in [0.4, 0.5) is 0 Å². The second-order valence-corrected chi connectivity index (χ2v) is 8.54. The number of rotatable bonds is 9. The van der Waals surface area contributed by atoms with Crippen molar-refractivity contribution in [2.45, 2.75) is 32.7 Å². The lowest BCUT2D eigenvalue weighted by atomic mass is 10.1. The minimum atomic E-state index is -1.17. The number of amides is 1. The van der Waals surface area contributed by atoms with Crippen LogP contribution in [0.5, 0.6) is 0 Å². The van der Waals surface area contributed by atoms with Gasteiger partial charge in [-0.2, -0.15) is 5.10 Å². The van der Waals surface area contributed by atoms with E-state index < -0.39 is 17.9 Å². The van der Waals surface area contributed by atoms with Gasteiger partial charge in [-0.15, -0.1) is 0 Å². The number of nitrogens with one attached hydrogen (secondary N) is 1. The number of benzene rings is 2. The van der Waals surface area contributed by atoms with Crippen molar-refractivity contribution in [1.82, 2.24) is 15.1 Å². The molecule has 0 aliphatic heterocycles. The van der Waals surface area contributed by atoms with Crippen LogP contribution < -0.4 is 5.32 Å². The molecule has 1 atom stereocenters. The second kappa shape index (κ2) is 11.3. The lowest BCUT2D eigenvalue weighted by Crippen LogP contribution is -2.40. The molecule has 3 N–H and O–H groups in total. The van der Waals surface area contributed by atoms with Crippen LogP contribution in [0.1, 0.15) is 39.3 Å². The number of aliphatic carboxylic acids is 1. The number of hydrogen-bond acceptors (Lipinski definition) is 4. The molecule has 1 amide bonds. The highest BCUT2D eigenvalue weighted by molar-refractivity contribution is 6.39. The number of halogens is 2. The van der Waals surface area contributed by atoms with Gasteiger partial charge in [0.1, 0.15) is 6.04 Å². The molecule has 2 aromatic carbocycles. The first-order chi connectivity index (χ1) is 16.2. The molecule has 0 fully saturated rings. The zero-order chi connectivity index (χ0) is 24.8. The van der Waals surface area contributed by atoms with E-state index in [1.54, 1.807) is 18.2 Å². The molecule has 0 radical (unpaired) electrons. The molecule has 0 aliphatic carbocycles. The number of carboxylic acids is 1. The van der Waals surface area contributed by atoms with Crippen LogP contribution in [0.2, 0.25) is 10.0 Å². The maximum atomic E-state index is 12.5. The lowest BCUT2D eigenvalue weighted by molar-refractivity contribution is -0.139. The van der Waals surface area contributed by atoms with Gasteiger partial charge < -0.3 is 15.5 Å². The molecular weight excluding hydrogens is 477 g/mol. The van der Waals surface area contributed by atoms with Crippen molar-refractivity contribution < 1.29 is 19.8 Å². The van der Waals surface area contributed by atoms with Gasteiger partial charge in [0.25, 0.3) is 5.91 Å². The third-order valence-corrected chi connectivity index (χ3v) is 6.05. The van der Waals surface area contributed by atoms with Crippen molar-refractivity contribution >= 4 is 41.2 Å². The first-order valence-corrected chi connectivity index (χ1v) is 11.4. The number of nitrogens with zero attached hydrogens (tertiary/aromatic N) is 2. The summed E-state index contributed by atoms with van der Waals surface area (Å²) in [5.74, 6) is -1.81. The van der Waals surface area contributed by atoms with Gasteiger partial charge in [0.2, 0.25) is 0 Å². The van der Waals surface area contributed by atoms with Gasteiger partial charge in [-0.3, -0.25) is 4.79 Å². The maximum absolute atomic E-state index is 12.5. The number of carbonyl (C=O) groups excluding carboxylic acids is 1. The molecule has 7 nitrogen and oxygen atoms in total. The van der Waals surface area contributed by atoms with Crippen molar-refractivity contribution in [2.24, 2.45) is 0 Å². The van der Waals surface area contributed by atoms with Crippen LogP contribution in [-0.2, 0) is 11.2 Å². The molecule has 1 heterocycles. The molecule has 3 rings (SSSR count). The minimum Gasteiger partial charge on any atom is -0.480 e. The molecular formula is C25H25Cl2N3O4. The average Bonchev–Trinajstić information content (AvgIpc) is 3.07. The van der Waals surface area contributed by atoms with Gasteiger partial charge in [-0.25, -0.2) is 9.48 Å². The number of aryl methyl sites for hydroxylation is 1. The number of aliphatic hydroxyl groups is 1. The zero-order valence-corrected chi connectivity index (χ0v) is 20.3. The Balaban J connectivity index is 1.68. The Labute approximate surface area is 207 Å². The number of carboxylic acid groups (broad SMARTS) is 1. The topological polar surface area (TPSA) is 104 Å². The number of hydrogen-bond donors (Lipinski definition) is 3. The highest BCUT2D eigenvalue weighted by Crippen LogP contribution is 2.24. The van der Waals surface area contributed by atoms with Crippen molar-refractivity contribution in [3.8, 4) is 5.69 Å². The molecule has 0 saturated carbocycles. The number of aromatic nitrogens is 2. The maximum Gasteiger partial charge on any atom is 0.326 e.